The summed E-state index contributed by atoms with van der Waals surface area (Å²) < 4.78 is 15.8. The molecule has 0 aromatic carbocycles. The number of methoxy groups -OCH3 is 1. The van der Waals surface area contributed by atoms with Crippen LogP contribution in [0.5, 0.6) is 0 Å². The van der Waals surface area contributed by atoms with Gasteiger partial charge in [-0.25, -0.2) is 0 Å². The average molecular weight is 332 g/mol. The van der Waals surface area contributed by atoms with Gasteiger partial charge in [0, 0.05) is 37.9 Å². The lowest BCUT2D eigenvalue weighted by Crippen LogP contribution is -2.43. The Labute approximate surface area is 139 Å². The number of pyridine rings is 1. The first-order valence-corrected chi connectivity index (χ1v) is 7.89. The van der Waals surface area contributed by atoms with Crippen LogP contribution in [0.25, 0.3) is 11.4 Å². The van der Waals surface area contributed by atoms with Crippen molar-refractivity contribution in [2.24, 2.45) is 0 Å². The Bertz CT molecular complexity index is 661. The second-order valence-corrected chi connectivity index (χ2v) is 5.59. The van der Waals surface area contributed by atoms with E-state index in [2.05, 4.69) is 20.4 Å². The van der Waals surface area contributed by atoms with Crippen molar-refractivity contribution in [3.8, 4) is 11.4 Å². The van der Waals surface area contributed by atoms with Crippen LogP contribution in [0.15, 0.2) is 29.0 Å². The van der Waals surface area contributed by atoms with Crippen molar-refractivity contribution in [3.63, 3.8) is 0 Å². The lowest BCUT2D eigenvalue weighted by molar-refractivity contribution is -0.122. The summed E-state index contributed by atoms with van der Waals surface area (Å²) in [5, 5.41) is 6.86. The van der Waals surface area contributed by atoms with Crippen LogP contribution < -0.4 is 5.32 Å². The van der Waals surface area contributed by atoms with Crippen molar-refractivity contribution in [3.05, 3.63) is 30.4 Å². The maximum atomic E-state index is 12.0. The first-order chi connectivity index (χ1) is 11.8. The molecule has 1 N–H and O–H groups in total. The van der Waals surface area contributed by atoms with Gasteiger partial charge in [-0.3, -0.25) is 9.78 Å². The van der Waals surface area contributed by atoms with Crippen molar-refractivity contribution in [1.29, 1.82) is 0 Å². The molecule has 8 heteroatoms. The van der Waals surface area contributed by atoms with E-state index in [9.17, 15) is 4.79 Å². The monoisotopic (exact) mass is 332 g/mol. The second kappa shape index (κ2) is 7.98. The van der Waals surface area contributed by atoms with E-state index in [4.69, 9.17) is 14.0 Å². The van der Waals surface area contributed by atoms with E-state index in [0.29, 0.717) is 44.2 Å². The Morgan fingerprint density at radius 1 is 1.46 bits per heavy atom. The van der Waals surface area contributed by atoms with Gasteiger partial charge in [0.1, 0.15) is 6.10 Å². The molecule has 1 aliphatic rings. The van der Waals surface area contributed by atoms with Gasteiger partial charge in [0.15, 0.2) is 0 Å². The second-order valence-electron chi connectivity index (χ2n) is 5.59. The summed E-state index contributed by atoms with van der Waals surface area (Å²) >= 11 is 0. The molecule has 0 aliphatic carbocycles. The van der Waals surface area contributed by atoms with Gasteiger partial charge in [0.25, 0.3) is 0 Å². The van der Waals surface area contributed by atoms with Crippen molar-refractivity contribution >= 4 is 5.91 Å². The highest BCUT2D eigenvalue weighted by Gasteiger charge is 2.29. The smallest absolute Gasteiger partial charge is 0.226 e. The van der Waals surface area contributed by atoms with Crippen LogP contribution in [0.1, 0.15) is 18.7 Å². The minimum absolute atomic E-state index is 0.0282. The summed E-state index contributed by atoms with van der Waals surface area (Å²) in [5.74, 6) is 0.994. The summed E-state index contributed by atoms with van der Waals surface area (Å²) in [6.07, 6.45) is 4.86. The van der Waals surface area contributed by atoms with Crippen LogP contribution in [-0.4, -0.2) is 53.5 Å². The first-order valence-electron chi connectivity index (χ1n) is 7.89. The van der Waals surface area contributed by atoms with Crippen molar-refractivity contribution in [1.82, 2.24) is 20.4 Å². The minimum Gasteiger partial charge on any atom is -0.377 e. The highest BCUT2D eigenvalue weighted by molar-refractivity contribution is 5.76. The van der Waals surface area contributed by atoms with Gasteiger partial charge in [0.2, 0.25) is 17.6 Å². The summed E-state index contributed by atoms with van der Waals surface area (Å²) in [4.78, 5) is 20.3. The van der Waals surface area contributed by atoms with E-state index in [1.54, 1.807) is 19.5 Å². The van der Waals surface area contributed by atoms with Crippen molar-refractivity contribution in [2.45, 2.75) is 31.4 Å². The highest BCUT2D eigenvalue weighted by atomic mass is 16.5. The number of nitrogens with one attached hydrogen (secondary N) is 1. The summed E-state index contributed by atoms with van der Waals surface area (Å²) in [5.41, 5.74) is 0.803. The van der Waals surface area contributed by atoms with Gasteiger partial charge < -0.3 is 19.3 Å². The molecule has 0 bridgehead atoms. The molecule has 2 aromatic rings. The van der Waals surface area contributed by atoms with E-state index in [1.165, 1.54) is 0 Å². The lowest BCUT2D eigenvalue weighted by atomic mass is 10.2. The molecule has 0 saturated carbocycles. The molecule has 1 amide bonds. The van der Waals surface area contributed by atoms with Gasteiger partial charge in [-0.1, -0.05) is 5.16 Å². The van der Waals surface area contributed by atoms with E-state index in [-0.39, 0.29) is 18.1 Å². The molecule has 3 rings (SSSR count). The third-order valence-corrected chi connectivity index (χ3v) is 3.86. The molecule has 0 spiro atoms. The molecule has 2 atom stereocenters. The molecule has 24 heavy (non-hydrogen) atoms. The summed E-state index contributed by atoms with van der Waals surface area (Å²) in [6.45, 7) is 1.00. The van der Waals surface area contributed by atoms with Gasteiger partial charge >= 0.3 is 0 Å². The van der Waals surface area contributed by atoms with Crippen LogP contribution in [0.3, 0.4) is 0 Å². The quantitative estimate of drug-likeness (QED) is 0.807. The fourth-order valence-electron chi connectivity index (χ4n) is 2.55. The van der Waals surface area contributed by atoms with E-state index in [0.717, 1.165) is 5.56 Å². The molecule has 128 valence electrons. The van der Waals surface area contributed by atoms with Crippen molar-refractivity contribution in [2.75, 3.05) is 20.3 Å². The summed E-state index contributed by atoms with van der Waals surface area (Å²) in [7, 11) is 1.62. The van der Waals surface area contributed by atoms with Gasteiger partial charge in [0.05, 0.1) is 19.3 Å². The highest BCUT2D eigenvalue weighted by Crippen LogP contribution is 2.15. The van der Waals surface area contributed by atoms with Crippen LogP contribution in [0, 0.1) is 0 Å². The molecular formula is C16H20N4O4. The maximum absolute atomic E-state index is 12.0. The topological polar surface area (TPSA) is 99.4 Å². The Hall–Kier alpha value is -2.32. The Balaban J connectivity index is 1.43. The largest absolute Gasteiger partial charge is 0.377 e. The van der Waals surface area contributed by atoms with E-state index in [1.807, 2.05) is 12.1 Å². The van der Waals surface area contributed by atoms with Gasteiger partial charge in [-0.15, -0.1) is 0 Å². The number of carbonyl (C=O) groups excluding carboxylic acids is 1. The molecular weight excluding hydrogens is 312 g/mol. The number of hydrogen-bond acceptors (Lipinski definition) is 7. The Kier molecular flexibility index (Phi) is 5.50. The van der Waals surface area contributed by atoms with Crippen molar-refractivity contribution < 1.29 is 18.8 Å². The Morgan fingerprint density at radius 2 is 2.38 bits per heavy atom. The molecule has 2 aromatic heterocycles. The number of rotatable bonds is 7. The van der Waals surface area contributed by atoms with Crippen LogP contribution in [0.4, 0.5) is 0 Å². The third kappa shape index (κ3) is 4.15. The number of ether oxygens (including phenoxy) is 2. The van der Waals surface area contributed by atoms with E-state index < -0.39 is 0 Å². The number of aryl methyl sites for hydroxylation is 1. The normalized spacial score (nSPS) is 20.2. The number of aromatic nitrogens is 3. The Morgan fingerprint density at radius 3 is 3.17 bits per heavy atom. The number of amides is 1. The zero-order chi connectivity index (χ0) is 16.8. The van der Waals surface area contributed by atoms with Crippen LogP contribution >= 0.6 is 0 Å². The van der Waals surface area contributed by atoms with Gasteiger partial charge in [-0.2, -0.15) is 4.98 Å². The predicted molar refractivity (Wildman–Crippen MR) is 84.0 cm³/mol. The minimum atomic E-state index is -0.0805. The number of carbonyl (C=O) groups is 1. The molecule has 8 nitrogen and oxygen atoms in total. The number of hydrogen-bond donors (Lipinski definition) is 1. The predicted octanol–water partition coefficient (Wildman–Crippen LogP) is 0.984. The lowest BCUT2D eigenvalue weighted by Gasteiger charge is -2.17. The molecule has 0 radical (unpaired) electrons. The molecule has 1 aliphatic heterocycles. The van der Waals surface area contributed by atoms with Gasteiger partial charge in [-0.05, 0) is 18.6 Å². The van der Waals surface area contributed by atoms with Crippen LogP contribution in [0.2, 0.25) is 0 Å². The SMILES string of the molecule is CO[C@H]1COC[C@@H]1NC(=O)CCCc1nc(-c2cccnc2)no1. The fraction of sp³-hybridized carbons (Fsp3) is 0.500. The summed E-state index contributed by atoms with van der Waals surface area (Å²) in [6, 6.07) is 3.60. The van der Waals surface area contributed by atoms with Crippen LogP contribution in [-0.2, 0) is 20.7 Å². The number of nitrogens with zero attached hydrogens (tertiary/aromatic N) is 3. The zero-order valence-electron chi connectivity index (χ0n) is 13.5. The first kappa shape index (κ1) is 16.5. The molecule has 0 unspecified atom stereocenters. The molecule has 1 saturated heterocycles. The molecule has 1 fully saturated rings. The van der Waals surface area contributed by atoms with E-state index >= 15 is 0 Å². The standard InChI is InChI=1S/C16H20N4O4/c1-22-13-10-23-9-12(13)18-14(21)5-2-6-15-19-16(20-24-15)11-4-3-7-17-8-11/h3-4,7-8,12-13H,2,5-6,9-10H2,1H3,(H,18,21)/t12-,13-/m0/s1. The fourth-order valence-corrected chi connectivity index (χ4v) is 2.55. The third-order valence-electron chi connectivity index (χ3n) is 3.86. The average Bonchev–Trinajstić information content (AvgIpc) is 3.25. The zero-order valence-corrected chi connectivity index (χ0v) is 13.5. The maximum Gasteiger partial charge on any atom is 0.226 e. The molecule has 3 heterocycles.